The van der Waals surface area contributed by atoms with Crippen molar-refractivity contribution in [3.63, 3.8) is 0 Å². The molecular weight excluding hydrogens is 340 g/mol. The molecule has 1 heterocycles. The van der Waals surface area contributed by atoms with Crippen LogP contribution in [0.2, 0.25) is 0 Å². The summed E-state index contributed by atoms with van der Waals surface area (Å²) in [6.07, 6.45) is 0. The van der Waals surface area contributed by atoms with E-state index in [4.69, 9.17) is 4.74 Å². The topological polar surface area (TPSA) is 67.4 Å². The van der Waals surface area contributed by atoms with E-state index in [-0.39, 0.29) is 5.91 Å². The number of ether oxygens (including phenoxy) is 1. The molecule has 0 saturated heterocycles. The molecule has 0 fully saturated rings. The van der Waals surface area contributed by atoms with Crippen LogP contribution < -0.4 is 10.1 Å². The lowest BCUT2D eigenvalue weighted by atomic mass is 10.2. The Balaban J connectivity index is 1.75. The summed E-state index contributed by atoms with van der Waals surface area (Å²) in [5.41, 5.74) is 1.09. The molecule has 2 aromatic carbocycles. The van der Waals surface area contributed by atoms with Crippen molar-refractivity contribution in [3.8, 4) is 11.5 Å². The first kappa shape index (κ1) is 18.4. The first-order valence-corrected chi connectivity index (χ1v) is 8.93. The van der Waals surface area contributed by atoms with E-state index < -0.39 is 0 Å². The highest BCUT2D eigenvalue weighted by Crippen LogP contribution is 2.30. The number of nitrogens with one attached hydrogen (secondary N) is 1. The molecular formula is C21H22N4O2. The minimum atomic E-state index is -0.119. The molecule has 0 aliphatic heterocycles. The Morgan fingerprint density at radius 2 is 1.63 bits per heavy atom. The summed E-state index contributed by atoms with van der Waals surface area (Å²) >= 11 is 0. The van der Waals surface area contributed by atoms with E-state index in [9.17, 15) is 4.79 Å². The second-order valence-corrected chi connectivity index (χ2v) is 5.82. The summed E-state index contributed by atoms with van der Waals surface area (Å²) in [7, 11) is 0. The second kappa shape index (κ2) is 8.80. The third-order valence-electron chi connectivity index (χ3n) is 4.06. The molecule has 138 valence electrons. The number of anilines is 2. The first-order chi connectivity index (χ1) is 13.2. The quantitative estimate of drug-likeness (QED) is 0.670. The molecule has 3 aromatic rings. The van der Waals surface area contributed by atoms with E-state index >= 15 is 0 Å². The third kappa shape index (κ3) is 4.61. The molecule has 0 aliphatic rings. The summed E-state index contributed by atoms with van der Waals surface area (Å²) in [5.74, 6) is 1.84. The molecule has 0 bridgehead atoms. The SMILES string of the molecule is CCN(CC)C(=O)c1ccc(Nc2ccccc2Oc2ccccc2)nn1. The molecule has 1 aromatic heterocycles. The molecule has 27 heavy (non-hydrogen) atoms. The summed E-state index contributed by atoms with van der Waals surface area (Å²) in [6.45, 7) is 5.16. The van der Waals surface area contributed by atoms with E-state index in [1.54, 1.807) is 17.0 Å². The summed E-state index contributed by atoms with van der Waals surface area (Å²) in [5, 5.41) is 11.4. The van der Waals surface area contributed by atoms with E-state index in [1.165, 1.54) is 0 Å². The van der Waals surface area contributed by atoms with Gasteiger partial charge in [-0.2, -0.15) is 0 Å². The van der Waals surface area contributed by atoms with Crippen molar-refractivity contribution in [2.75, 3.05) is 18.4 Å². The highest BCUT2D eigenvalue weighted by Gasteiger charge is 2.14. The average molecular weight is 362 g/mol. The fourth-order valence-corrected chi connectivity index (χ4v) is 2.60. The highest BCUT2D eigenvalue weighted by atomic mass is 16.5. The van der Waals surface area contributed by atoms with Crippen LogP contribution in [0.5, 0.6) is 11.5 Å². The third-order valence-corrected chi connectivity index (χ3v) is 4.06. The summed E-state index contributed by atoms with van der Waals surface area (Å²) in [6, 6.07) is 20.6. The lowest BCUT2D eigenvalue weighted by Crippen LogP contribution is -2.31. The van der Waals surface area contributed by atoms with Crippen LogP contribution in [-0.2, 0) is 0 Å². The summed E-state index contributed by atoms with van der Waals surface area (Å²) < 4.78 is 5.93. The van der Waals surface area contributed by atoms with Gasteiger partial charge in [0.2, 0.25) is 0 Å². The monoisotopic (exact) mass is 362 g/mol. The largest absolute Gasteiger partial charge is 0.455 e. The van der Waals surface area contributed by atoms with Crippen molar-refractivity contribution < 1.29 is 9.53 Å². The number of hydrogen-bond donors (Lipinski definition) is 1. The van der Waals surface area contributed by atoms with Gasteiger partial charge in [0.05, 0.1) is 5.69 Å². The van der Waals surface area contributed by atoms with Gasteiger partial charge in [0.1, 0.15) is 5.75 Å². The van der Waals surface area contributed by atoms with Crippen molar-refractivity contribution in [1.82, 2.24) is 15.1 Å². The van der Waals surface area contributed by atoms with Gasteiger partial charge in [0.15, 0.2) is 17.3 Å². The minimum absolute atomic E-state index is 0.119. The van der Waals surface area contributed by atoms with E-state index in [1.807, 2.05) is 68.4 Å². The molecule has 1 N–H and O–H groups in total. The molecule has 1 amide bonds. The van der Waals surface area contributed by atoms with Crippen LogP contribution in [0.1, 0.15) is 24.3 Å². The number of para-hydroxylation sites is 3. The van der Waals surface area contributed by atoms with Crippen molar-refractivity contribution in [2.45, 2.75) is 13.8 Å². The lowest BCUT2D eigenvalue weighted by Gasteiger charge is -2.17. The number of benzene rings is 2. The molecule has 0 atom stereocenters. The zero-order chi connectivity index (χ0) is 19.1. The van der Waals surface area contributed by atoms with Crippen molar-refractivity contribution in [1.29, 1.82) is 0 Å². The van der Waals surface area contributed by atoms with Gasteiger partial charge >= 0.3 is 0 Å². The number of aromatic nitrogens is 2. The van der Waals surface area contributed by atoms with Crippen molar-refractivity contribution in [3.05, 3.63) is 72.4 Å². The number of amides is 1. The van der Waals surface area contributed by atoms with Gasteiger partial charge in [0.25, 0.3) is 5.91 Å². The van der Waals surface area contributed by atoms with E-state index in [2.05, 4.69) is 15.5 Å². The Bertz CT molecular complexity index is 878. The van der Waals surface area contributed by atoms with Gasteiger partial charge in [-0.05, 0) is 50.2 Å². The van der Waals surface area contributed by atoms with Crippen molar-refractivity contribution in [2.24, 2.45) is 0 Å². The maximum Gasteiger partial charge on any atom is 0.274 e. The van der Waals surface area contributed by atoms with Gasteiger partial charge in [-0.1, -0.05) is 30.3 Å². The van der Waals surface area contributed by atoms with Crippen LogP contribution in [0.25, 0.3) is 0 Å². The lowest BCUT2D eigenvalue weighted by molar-refractivity contribution is 0.0766. The number of rotatable bonds is 7. The van der Waals surface area contributed by atoms with Gasteiger partial charge in [0, 0.05) is 13.1 Å². The molecule has 0 aliphatic carbocycles. The number of nitrogens with zero attached hydrogens (tertiary/aromatic N) is 3. The van der Waals surface area contributed by atoms with Gasteiger partial charge < -0.3 is 15.0 Å². The zero-order valence-electron chi connectivity index (χ0n) is 15.4. The number of carbonyl (C=O) groups is 1. The van der Waals surface area contributed by atoms with Crippen LogP contribution in [0, 0.1) is 0 Å². The maximum absolute atomic E-state index is 12.3. The molecule has 0 saturated carbocycles. The molecule has 3 rings (SSSR count). The Kier molecular flexibility index (Phi) is 5.99. The minimum Gasteiger partial charge on any atom is -0.455 e. The Morgan fingerprint density at radius 3 is 2.30 bits per heavy atom. The molecule has 0 unspecified atom stereocenters. The molecule has 6 nitrogen and oxygen atoms in total. The van der Waals surface area contributed by atoms with Crippen LogP contribution >= 0.6 is 0 Å². The smallest absolute Gasteiger partial charge is 0.274 e. The number of carbonyl (C=O) groups excluding carboxylic acids is 1. The van der Waals surface area contributed by atoms with Gasteiger partial charge in [-0.3, -0.25) is 4.79 Å². The fraction of sp³-hybridized carbons (Fsp3) is 0.190. The zero-order valence-corrected chi connectivity index (χ0v) is 15.4. The summed E-state index contributed by atoms with van der Waals surface area (Å²) in [4.78, 5) is 14.0. The standard InChI is InChI=1S/C21H22N4O2/c1-3-25(4-2)21(26)18-14-15-20(24-23-18)22-17-12-8-9-13-19(17)27-16-10-6-5-7-11-16/h5-15H,3-4H2,1-2H3,(H,22,24). The van der Waals surface area contributed by atoms with Gasteiger partial charge in [-0.15, -0.1) is 10.2 Å². The highest BCUT2D eigenvalue weighted by molar-refractivity contribution is 5.92. The number of hydrogen-bond acceptors (Lipinski definition) is 5. The van der Waals surface area contributed by atoms with Crippen molar-refractivity contribution >= 4 is 17.4 Å². The first-order valence-electron chi connectivity index (χ1n) is 8.93. The normalized spacial score (nSPS) is 10.3. The van der Waals surface area contributed by atoms with Crippen LogP contribution in [0.3, 0.4) is 0 Å². The molecule has 6 heteroatoms. The van der Waals surface area contributed by atoms with E-state index in [0.29, 0.717) is 30.4 Å². The Morgan fingerprint density at radius 1 is 0.926 bits per heavy atom. The van der Waals surface area contributed by atoms with Crippen LogP contribution in [0.4, 0.5) is 11.5 Å². The average Bonchev–Trinajstić information content (AvgIpc) is 2.72. The maximum atomic E-state index is 12.3. The fourth-order valence-electron chi connectivity index (χ4n) is 2.60. The van der Waals surface area contributed by atoms with Crippen LogP contribution in [-0.4, -0.2) is 34.1 Å². The van der Waals surface area contributed by atoms with E-state index in [0.717, 1.165) is 11.4 Å². The molecule has 0 radical (unpaired) electrons. The van der Waals surface area contributed by atoms with Crippen LogP contribution in [0.15, 0.2) is 66.7 Å². The second-order valence-electron chi connectivity index (χ2n) is 5.82. The van der Waals surface area contributed by atoms with Gasteiger partial charge in [-0.25, -0.2) is 0 Å². The predicted molar refractivity (Wildman–Crippen MR) is 106 cm³/mol. The molecule has 0 spiro atoms. The Hall–Kier alpha value is -3.41. The Labute approximate surface area is 158 Å². The predicted octanol–water partition coefficient (Wildman–Crippen LogP) is 4.49.